The van der Waals surface area contributed by atoms with Crippen LogP contribution in [0.5, 0.6) is 0 Å². The van der Waals surface area contributed by atoms with Crippen molar-refractivity contribution in [3.63, 3.8) is 0 Å². The average molecular weight is 239 g/mol. The van der Waals surface area contributed by atoms with Crippen molar-refractivity contribution in [3.8, 4) is 0 Å². The molecule has 0 aliphatic heterocycles. The van der Waals surface area contributed by atoms with Gasteiger partial charge in [0.05, 0.1) is 0 Å². The molecule has 1 aromatic rings. The summed E-state index contributed by atoms with van der Waals surface area (Å²) in [6.07, 6.45) is 3.96. The lowest BCUT2D eigenvalue weighted by Crippen LogP contribution is -2.23. The SMILES string of the molecule is COCC(C)CNCc1cc2c(s1)CCC2. The average Bonchev–Trinajstić information content (AvgIpc) is 2.78. The topological polar surface area (TPSA) is 21.3 Å². The van der Waals surface area contributed by atoms with Crippen LogP contribution in [-0.4, -0.2) is 20.3 Å². The molecule has 0 radical (unpaired) electrons. The Bertz CT molecular complexity index is 313. The molecule has 1 aliphatic rings. The summed E-state index contributed by atoms with van der Waals surface area (Å²) in [5, 5.41) is 3.51. The van der Waals surface area contributed by atoms with Gasteiger partial charge in [0.15, 0.2) is 0 Å². The summed E-state index contributed by atoms with van der Waals surface area (Å²) in [6.45, 7) is 5.11. The Morgan fingerprint density at radius 2 is 2.38 bits per heavy atom. The van der Waals surface area contributed by atoms with E-state index in [4.69, 9.17) is 4.74 Å². The van der Waals surface area contributed by atoms with Crippen LogP contribution >= 0.6 is 11.3 Å². The quantitative estimate of drug-likeness (QED) is 0.824. The molecule has 0 saturated carbocycles. The molecule has 2 rings (SSSR count). The first-order valence-electron chi connectivity index (χ1n) is 6.09. The standard InChI is InChI=1S/C13H21NOS/c1-10(9-15-2)7-14-8-12-6-11-4-3-5-13(11)16-12/h6,10,14H,3-5,7-9H2,1-2H3. The Morgan fingerprint density at radius 1 is 1.50 bits per heavy atom. The first-order chi connectivity index (χ1) is 7.79. The molecular weight excluding hydrogens is 218 g/mol. The summed E-state index contributed by atoms with van der Waals surface area (Å²) in [4.78, 5) is 3.12. The highest BCUT2D eigenvalue weighted by molar-refractivity contribution is 7.12. The summed E-state index contributed by atoms with van der Waals surface area (Å²) in [5.74, 6) is 0.594. The normalized spacial score (nSPS) is 16.4. The van der Waals surface area contributed by atoms with Crippen molar-refractivity contribution in [3.05, 3.63) is 21.4 Å². The Hall–Kier alpha value is -0.380. The van der Waals surface area contributed by atoms with Gasteiger partial charge < -0.3 is 10.1 Å². The van der Waals surface area contributed by atoms with E-state index in [1.165, 1.54) is 24.1 Å². The van der Waals surface area contributed by atoms with Crippen LogP contribution in [0.4, 0.5) is 0 Å². The first-order valence-corrected chi connectivity index (χ1v) is 6.91. The van der Waals surface area contributed by atoms with Gasteiger partial charge in [-0.25, -0.2) is 0 Å². The summed E-state index contributed by atoms with van der Waals surface area (Å²) in [5.41, 5.74) is 1.60. The van der Waals surface area contributed by atoms with Crippen molar-refractivity contribution in [2.24, 2.45) is 5.92 Å². The maximum Gasteiger partial charge on any atom is 0.0499 e. The van der Waals surface area contributed by atoms with Gasteiger partial charge in [-0.2, -0.15) is 0 Å². The molecule has 0 fully saturated rings. The van der Waals surface area contributed by atoms with E-state index >= 15 is 0 Å². The Morgan fingerprint density at radius 3 is 3.12 bits per heavy atom. The minimum atomic E-state index is 0.594. The van der Waals surface area contributed by atoms with E-state index < -0.39 is 0 Å². The monoisotopic (exact) mass is 239 g/mol. The van der Waals surface area contributed by atoms with Crippen molar-refractivity contribution >= 4 is 11.3 Å². The van der Waals surface area contributed by atoms with Crippen molar-refractivity contribution in [1.29, 1.82) is 0 Å². The van der Waals surface area contributed by atoms with Gasteiger partial charge >= 0.3 is 0 Å². The lowest BCUT2D eigenvalue weighted by atomic mass is 10.2. The van der Waals surface area contributed by atoms with E-state index in [0.717, 1.165) is 19.7 Å². The van der Waals surface area contributed by atoms with Crippen LogP contribution in [-0.2, 0) is 24.1 Å². The number of hydrogen-bond acceptors (Lipinski definition) is 3. The van der Waals surface area contributed by atoms with Gasteiger partial charge in [0, 0.05) is 36.6 Å². The van der Waals surface area contributed by atoms with E-state index in [0.29, 0.717) is 5.92 Å². The van der Waals surface area contributed by atoms with E-state index in [1.54, 1.807) is 17.6 Å². The number of nitrogens with one attached hydrogen (secondary N) is 1. The summed E-state index contributed by atoms with van der Waals surface area (Å²) in [6, 6.07) is 2.39. The molecule has 90 valence electrons. The molecule has 0 aromatic carbocycles. The second kappa shape index (κ2) is 5.80. The van der Waals surface area contributed by atoms with Crippen LogP contribution in [0.15, 0.2) is 6.07 Å². The zero-order chi connectivity index (χ0) is 11.4. The molecule has 1 N–H and O–H groups in total. The van der Waals surface area contributed by atoms with Crippen molar-refractivity contribution in [2.75, 3.05) is 20.3 Å². The molecule has 1 atom stereocenters. The second-order valence-corrected chi connectivity index (χ2v) is 5.93. The van der Waals surface area contributed by atoms with Gasteiger partial charge in [0.1, 0.15) is 0 Å². The van der Waals surface area contributed by atoms with Crippen LogP contribution in [0.25, 0.3) is 0 Å². The summed E-state index contributed by atoms with van der Waals surface area (Å²) < 4.78 is 5.12. The van der Waals surface area contributed by atoms with E-state index in [-0.39, 0.29) is 0 Å². The molecule has 1 heterocycles. The maximum atomic E-state index is 5.12. The van der Waals surface area contributed by atoms with Crippen molar-refractivity contribution in [2.45, 2.75) is 32.7 Å². The molecule has 3 heteroatoms. The Balaban J connectivity index is 1.73. The largest absolute Gasteiger partial charge is 0.384 e. The van der Waals surface area contributed by atoms with Crippen LogP contribution in [0.2, 0.25) is 0 Å². The number of rotatable bonds is 6. The number of hydrogen-bond donors (Lipinski definition) is 1. The van der Waals surface area contributed by atoms with E-state index in [1.807, 2.05) is 11.3 Å². The highest BCUT2D eigenvalue weighted by Crippen LogP contribution is 2.30. The van der Waals surface area contributed by atoms with Gasteiger partial charge in [-0.05, 0) is 36.8 Å². The molecule has 2 nitrogen and oxygen atoms in total. The number of fused-ring (bicyclic) bond motifs is 1. The van der Waals surface area contributed by atoms with Crippen molar-refractivity contribution in [1.82, 2.24) is 5.32 Å². The van der Waals surface area contributed by atoms with E-state index in [9.17, 15) is 0 Å². The number of ether oxygens (including phenoxy) is 1. The van der Waals surface area contributed by atoms with E-state index in [2.05, 4.69) is 18.3 Å². The fraction of sp³-hybridized carbons (Fsp3) is 0.692. The Kier molecular flexibility index (Phi) is 4.38. The highest BCUT2D eigenvalue weighted by atomic mass is 32.1. The van der Waals surface area contributed by atoms with Crippen LogP contribution < -0.4 is 5.32 Å². The summed E-state index contributed by atoms with van der Waals surface area (Å²) in [7, 11) is 1.76. The zero-order valence-electron chi connectivity index (χ0n) is 10.2. The third kappa shape index (κ3) is 3.06. The molecule has 0 amide bonds. The molecule has 0 saturated heterocycles. The molecule has 1 aliphatic carbocycles. The highest BCUT2D eigenvalue weighted by Gasteiger charge is 2.14. The van der Waals surface area contributed by atoms with Crippen LogP contribution in [0, 0.1) is 5.92 Å². The lowest BCUT2D eigenvalue weighted by Gasteiger charge is -2.10. The molecule has 16 heavy (non-hydrogen) atoms. The molecule has 1 aromatic heterocycles. The number of aryl methyl sites for hydroxylation is 2. The maximum absolute atomic E-state index is 5.12. The predicted molar refractivity (Wildman–Crippen MR) is 69.1 cm³/mol. The minimum absolute atomic E-state index is 0.594. The van der Waals surface area contributed by atoms with Gasteiger partial charge in [-0.3, -0.25) is 0 Å². The smallest absolute Gasteiger partial charge is 0.0499 e. The third-order valence-electron chi connectivity index (χ3n) is 3.04. The number of methoxy groups -OCH3 is 1. The molecule has 0 spiro atoms. The Labute approximate surface area is 102 Å². The zero-order valence-corrected chi connectivity index (χ0v) is 11.0. The van der Waals surface area contributed by atoms with Crippen molar-refractivity contribution < 1.29 is 4.74 Å². The second-order valence-electron chi connectivity index (χ2n) is 4.71. The van der Waals surface area contributed by atoms with Gasteiger partial charge in [-0.15, -0.1) is 11.3 Å². The lowest BCUT2D eigenvalue weighted by molar-refractivity contribution is 0.158. The fourth-order valence-electron chi connectivity index (χ4n) is 2.26. The fourth-order valence-corrected chi connectivity index (χ4v) is 3.49. The first kappa shape index (κ1) is 12.1. The predicted octanol–water partition coefficient (Wildman–Crippen LogP) is 2.61. The summed E-state index contributed by atoms with van der Waals surface area (Å²) >= 11 is 1.99. The van der Waals surface area contributed by atoms with Gasteiger partial charge in [0.2, 0.25) is 0 Å². The van der Waals surface area contributed by atoms with Gasteiger partial charge in [-0.1, -0.05) is 6.92 Å². The van der Waals surface area contributed by atoms with Gasteiger partial charge in [0.25, 0.3) is 0 Å². The molecular formula is C13H21NOS. The van der Waals surface area contributed by atoms with Crippen LogP contribution in [0.1, 0.15) is 28.7 Å². The minimum Gasteiger partial charge on any atom is -0.384 e. The molecule has 0 bridgehead atoms. The molecule has 1 unspecified atom stereocenters. The third-order valence-corrected chi connectivity index (χ3v) is 4.28. The number of thiophene rings is 1. The van der Waals surface area contributed by atoms with Crippen LogP contribution in [0.3, 0.4) is 0 Å².